The summed E-state index contributed by atoms with van der Waals surface area (Å²) in [6.07, 6.45) is 0. The number of halogens is 4. The van der Waals surface area contributed by atoms with Crippen LogP contribution in [0.15, 0.2) is 0 Å². The molecule has 15 heteroatoms. The molecule has 9 nitrogen and oxygen atoms in total. The van der Waals surface area contributed by atoms with Gasteiger partial charge < -0.3 is 0 Å². The third kappa shape index (κ3) is 7.97. The number of rotatable bonds is 6. The Labute approximate surface area is 128 Å². The zero-order valence-electron chi connectivity index (χ0n) is 8.34. The molecule has 0 aromatic carbocycles. The van der Waals surface area contributed by atoms with Gasteiger partial charge in [0.25, 0.3) is 11.8 Å². The highest BCUT2D eigenvalue weighted by Crippen LogP contribution is 2.05. The number of hydrogen-bond donors (Lipinski definition) is 2. The van der Waals surface area contributed by atoms with Crippen molar-refractivity contribution in [3.63, 3.8) is 0 Å². The number of amides is 2. The fraction of sp³-hybridized carbons (Fsp3) is 0.500. The molecule has 0 aliphatic rings. The molecule has 0 radical (unpaired) electrons. The van der Waals surface area contributed by atoms with Crippen molar-refractivity contribution in [2.75, 3.05) is 0 Å². The van der Waals surface area contributed by atoms with E-state index in [1.807, 2.05) is 0 Å². The fourth-order valence-corrected chi connectivity index (χ4v) is 2.91. The van der Waals surface area contributed by atoms with Crippen molar-refractivity contribution in [3.8, 4) is 0 Å². The normalized spacial score (nSPS) is 12.5. The van der Waals surface area contributed by atoms with Crippen molar-refractivity contribution in [2.45, 2.75) is 9.67 Å². The van der Waals surface area contributed by atoms with E-state index in [1.54, 1.807) is 0 Å². The first-order valence-corrected chi connectivity index (χ1v) is 8.33. The molecule has 0 aromatic heterocycles. The Balaban J connectivity index is 4.84. The number of nitrogens with one attached hydrogen (secondary N) is 2. The van der Waals surface area contributed by atoms with E-state index < -0.39 is 42.1 Å². The first-order valence-electron chi connectivity index (χ1n) is 3.77. The number of hydrogen-bond acceptors (Lipinski definition) is 7. The highest BCUT2D eigenvalue weighted by molar-refractivity contribution is 7.98. The lowest BCUT2D eigenvalue weighted by atomic mass is 10.8. The van der Waals surface area contributed by atoms with E-state index in [0.717, 1.165) is 9.44 Å². The average molecular weight is 398 g/mol. The van der Waals surface area contributed by atoms with Gasteiger partial charge in [-0.1, -0.05) is 46.4 Å². The van der Waals surface area contributed by atoms with Gasteiger partial charge in [-0.3, -0.25) is 9.59 Å². The molecule has 112 valence electrons. The fourth-order valence-electron chi connectivity index (χ4n) is 0.487. The Bertz CT molecular complexity index is 506. The van der Waals surface area contributed by atoms with Crippen LogP contribution in [0.5, 0.6) is 0 Å². The SMILES string of the molecule is O=C(NS(=O)(=O)OS(=O)(=O)NC(=O)C(Cl)Cl)C(Cl)Cl. The van der Waals surface area contributed by atoms with E-state index in [0.29, 0.717) is 0 Å². The average Bonchev–Trinajstić information content (AvgIpc) is 2.13. The largest absolute Gasteiger partial charge is 0.378 e. The molecule has 0 saturated heterocycles. The van der Waals surface area contributed by atoms with Gasteiger partial charge in [0.2, 0.25) is 0 Å². The van der Waals surface area contributed by atoms with Gasteiger partial charge in [-0.25, -0.2) is 9.44 Å². The molecule has 0 aliphatic heterocycles. The molecule has 19 heavy (non-hydrogen) atoms. The van der Waals surface area contributed by atoms with Crippen LogP contribution in [0.25, 0.3) is 0 Å². The van der Waals surface area contributed by atoms with Gasteiger partial charge in [-0.15, -0.1) is 3.63 Å². The predicted octanol–water partition coefficient (Wildman–Crippen LogP) is -0.668. The summed E-state index contributed by atoms with van der Waals surface area (Å²) in [6.45, 7) is 0. The maximum atomic E-state index is 11.0. The molecule has 0 heterocycles. The predicted molar refractivity (Wildman–Crippen MR) is 66.2 cm³/mol. The maximum absolute atomic E-state index is 11.0. The molecule has 0 spiro atoms. The van der Waals surface area contributed by atoms with Crippen molar-refractivity contribution < 1.29 is 30.1 Å². The van der Waals surface area contributed by atoms with Gasteiger partial charge in [0, 0.05) is 0 Å². The number of carbonyl (C=O) groups excluding carboxylic acids is 2. The van der Waals surface area contributed by atoms with Gasteiger partial charge in [0.1, 0.15) is 0 Å². The second kappa shape index (κ2) is 7.11. The molecule has 0 bridgehead atoms. The van der Waals surface area contributed by atoms with Gasteiger partial charge in [0.15, 0.2) is 9.67 Å². The summed E-state index contributed by atoms with van der Waals surface area (Å²) in [6, 6.07) is 0. The van der Waals surface area contributed by atoms with Crippen molar-refractivity contribution >= 4 is 78.8 Å². The zero-order chi connectivity index (χ0) is 15.4. The van der Waals surface area contributed by atoms with Crippen LogP contribution < -0.4 is 9.44 Å². The maximum Gasteiger partial charge on any atom is 0.378 e. The van der Waals surface area contributed by atoms with Crippen LogP contribution in [-0.4, -0.2) is 38.3 Å². The lowest BCUT2D eigenvalue weighted by Gasteiger charge is -2.08. The number of alkyl halides is 4. The Morgan fingerprint density at radius 3 is 1.26 bits per heavy atom. The minimum atomic E-state index is -5.11. The Morgan fingerprint density at radius 1 is 0.789 bits per heavy atom. The van der Waals surface area contributed by atoms with E-state index >= 15 is 0 Å². The minimum Gasteiger partial charge on any atom is -0.271 e. The zero-order valence-corrected chi connectivity index (χ0v) is 13.0. The smallest absolute Gasteiger partial charge is 0.271 e. The number of carbonyl (C=O) groups is 2. The van der Waals surface area contributed by atoms with E-state index in [-0.39, 0.29) is 0 Å². The Morgan fingerprint density at radius 2 is 1.05 bits per heavy atom. The lowest BCUT2D eigenvalue weighted by Crippen LogP contribution is -2.41. The van der Waals surface area contributed by atoms with Crippen LogP contribution >= 0.6 is 46.4 Å². The third-order valence-corrected chi connectivity index (χ3v) is 4.16. The quantitative estimate of drug-likeness (QED) is 0.567. The molecule has 0 aliphatic carbocycles. The molecule has 0 atom stereocenters. The van der Waals surface area contributed by atoms with E-state index in [9.17, 15) is 26.4 Å². The second-order valence-corrected chi connectivity index (χ2v) is 7.47. The van der Waals surface area contributed by atoms with Crippen molar-refractivity contribution in [1.29, 1.82) is 0 Å². The molecule has 0 rings (SSSR count). The van der Waals surface area contributed by atoms with Crippen LogP contribution in [0, 0.1) is 0 Å². The van der Waals surface area contributed by atoms with E-state index in [2.05, 4.69) is 3.63 Å². The standard InChI is InChI=1S/C4H4Cl4N2O7S2/c5-1(6)3(11)9-18(13,14)17-19(15,16)10-4(12)2(7)8/h1-2H,(H,9,11)(H,10,12). The van der Waals surface area contributed by atoms with Gasteiger partial charge in [0.05, 0.1) is 0 Å². The highest BCUT2D eigenvalue weighted by Gasteiger charge is 2.29. The first-order chi connectivity index (χ1) is 8.36. The summed E-state index contributed by atoms with van der Waals surface area (Å²) in [5.74, 6) is -2.92. The molecule has 0 aromatic rings. The molecule has 0 unspecified atom stereocenters. The second-order valence-electron chi connectivity index (χ2n) is 2.51. The molecular weight excluding hydrogens is 394 g/mol. The van der Waals surface area contributed by atoms with Crippen LogP contribution in [0.1, 0.15) is 0 Å². The summed E-state index contributed by atoms with van der Waals surface area (Å²) in [4.78, 5) is 18.1. The minimum absolute atomic E-state index is 1.07. The van der Waals surface area contributed by atoms with Crippen molar-refractivity contribution in [3.05, 3.63) is 0 Å². The van der Waals surface area contributed by atoms with E-state index in [4.69, 9.17) is 46.4 Å². The summed E-state index contributed by atoms with van der Waals surface area (Å²) in [5, 5.41) is 0. The molecular formula is C4H4Cl4N2O7S2. The Hall–Kier alpha value is -0.0400. The van der Waals surface area contributed by atoms with Crippen LogP contribution in [-0.2, 0) is 33.8 Å². The van der Waals surface area contributed by atoms with Gasteiger partial charge in [-0.05, 0) is 0 Å². The van der Waals surface area contributed by atoms with Crippen LogP contribution in [0.4, 0.5) is 0 Å². The molecule has 0 saturated carbocycles. The third-order valence-electron chi connectivity index (χ3n) is 1.03. The van der Waals surface area contributed by atoms with Crippen molar-refractivity contribution in [1.82, 2.24) is 9.44 Å². The van der Waals surface area contributed by atoms with Crippen molar-refractivity contribution in [2.24, 2.45) is 0 Å². The summed E-state index contributed by atoms with van der Waals surface area (Å²) >= 11 is 20.0. The molecule has 2 amide bonds. The van der Waals surface area contributed by atoms with Crippen LogP contribution in [0.2, 0.25) is 0 Å². The first kappa shape index (κ1) is 19.0. The highest BCUT2D eigenvalue weighted by atomic mass is 35.5. The topological polar surface area (TPSA) is 136 Å². The van der Waals surface area contributed by atoms with Crippen LogP contribution in [0.3, 0.4) is 0 Å². The lowest BCUT2D eigenvalue weighted by molar-refractivity contribution is -0.118. The Kier molecular flexibility index (Phi) is 7.09. The monoisotopic (exact) mass is 396 g/mol. The summed E-state index contributed by atoms with van der Waals surface area (Å²) in [5.41, 5.74) is 0. The summed E-state index contributed by atoms with van der Waals surface area (Å²) < 4.78 is 49.8. The van der Waals surface area contributed by atoms with Gasteiger partial charge in [-0.2, -0.15) is 16.8 Å². The summed E-state index contributed by atoms with van der Waals surface area (Å²) in [7, 11) is -10.2. The van der Waals surface area contributed by atoms with Gasteiger partial charge >= 0.3 is 20.6 Å². The van der Waals surface area contributed by atoms with E-state index in [1.165, 1.54) is 0 Å². The molecule has 0 fully saturated rings. The molecule has 2 N–H and O–H groups in total.